The predicted molar refractivity (Wildman–Crippen MR) is 173 cm³/mol. The standard InChI is InChI=1S/C37H43N3O4/c1-4-43-28-9-11-38(12-10-28)27-8-7-23-14-31(39(29(23)18-27)19-22-5-6-22)36-21(2)34-32(42-3)16-25(17-33(34)44-36)37(41)40-20-26-13-24-15-30(40)35(24)26/h7-8,14,16-18,22,24,26,28,30,35H,4-6,9-13,15,19-20H2,1-3H3/t24?,26?,30?,35-/m1/s1. The molecule has 0 spiro atoms. The molecule has 4 heterocycles. The van der Waals surface area contributed by atoms with Gasteiger partial charge in [-0.3, -0.25) is 4.79 Å². The van der Waals surface area contributed by atoms with Crippen LogP contribution in [0.3, 0.4) is 0 Å². The maximum absolute atomic E-state index is 13.8. The summed E-state index contributed by atoms with van der Waals surface area (Å²) in [6.45, 7) is 8.95. The molecule has 5 fully saturated rings. The molecule has 44 heavy (non-hydrogen) atoms. The molecule has 2 aromatic heterocycles. The molecule has 0 N–H and O–H groups in total. The first-order chi connectivity index (χ1) is 21.5. The Labute approximate surface area is 259 Å². The highest BCUT2D eigenvalue weighted by atomic mass is 16.5. The molecule has 0 bridgehead atoms. The van der Waals surface area contributed by atoms with Gasteiger partial charge in [-0.25, -0.2) is 0 Å². The lowest BCUT2D eigenvalue weighted by molar-refractivity contribution is -0.0204. The van der Waals surface area contributed by atoms with Gasteiger partial charge < -0.3 is 28.3 Å². The van der Waals surface area contributed by atoms with E-state index >= 15 is 0 Å². The number of furan rings is 1. The van der Waals surface area contributed by atoms with Gasteiger partial charge in [-0.15, -0.1) is 0 Å². The van der Waals surface area contributed by atoms with Crippen molar-refractivity contribution in [3.05, 3.63) is 47.5 Å². The van der Waals surface area contributed by atoms with Gasteiger partial charge >= 0.3 is 0 Å². The first-order valence-corrected chi connectivity index (χ1v) is 16.9. The summed E-state index contributed by atoms with van der Waals surface area (Å²) in [5.74, 6) is 4.75. The highest BCUT2D eigenvalue weighted by Crippen LogP contribution is 2.61. The SMILES string of the molecule is CCOC1CCN(c2ccc3cc(-c4oc5cc(C(=O)N6CC7CC8CC6[C@H]87)cc(OC)c5c4C)n(CC4CC4)c3c2)CC1. The van der Waals surface area contributed by atoms with Gasteiger partial charge in [0.15, 0.2) is 5.76 Å². The van der Waals surface area contributed by atoms with Crippen LogP contribution >= 0.6 is 0 Å². The lowest BCUT2D eigenvalue weighted by Gasteiger charge is -2.52. The number of amides is 1. The Balaban J connectivity index is 1.09. The van der Waals surface area contributed by atoms with E-state index in [2.05, 4.69) is 52.5 Å². The number of aryl methyl sites for hydroxylation is 1. The van der Waals surface area contributed by atoms with Crippen molar-refractivity contribution in [1.29, 1.82) is 0 Å². The van der Waals surface area contributed by atoms with Crippen LogP contribution in [0.5, 0.6) is 5.75 Å². The minimum absolute atomic E-state index is 0.124. The van der Waals surface area contributed by atoms with Gasteiger partial charge in [-0.05, 0) is 106 Å². The Morgan fingerprint density at radius 2 is 1.86 bits per heavy atom. The van der Waals surface area contributed by atoms with Gasteiger partial charge in [-0.2, -0.15) is 0 Å². The third-order valence-corrected chi connectivity index (χ3v) is 11.7. The van der Waals surface area contributed by atoms with Crippen LogP contribution in [0.1, 0.15) is 61.4 Å². The van der Waals surface area contributed by atoms with E-state index in [-0.39, 0.29) is 5.91 Å². The molecular formula is C37H43N3O4. The Hall–Kier alpha value is -3.45. The second-order valence-corrected chi connectivity index (χ2v) is 14.2. The molecule has 7 heteroatoms. The summed E-state index contributed by atoms with van der Waals surface area (Å²) in [4.78, 5) is 18.4. The molecule has 1 amide bonds. The van der Waals surface area contributed by atoms with Gasteiger partial charge in [0.05, 0.1) is 29.8 Å². The second kappa shape index (κ2) is 10.0. The zero-order chi connectivity index (χ0) is 29.7. The minimum atomic E-state index is 0.124. The number of benzene rings is 2. The number of likely N-dealkylation sites (tertiary alicyclic amines) is 1. The maximum atomic E-state index is 13.8. The van der Waals surface area contributed by atoms with Crippen molar-refractivity contribution in [2.24, 2.45) is 23.7 Å². The average molecular weight is 594 g/mol. The van der Waals surface area contributed by atoms with E-state index < -0.39 is 0 Å². The Morgan fingerprint density at radius 3 is 2.59 bits per heavy atom. The number of anilines is 1. The smallest absolute Gasteiger partial charge is 0.254 e. The topological polar surface area (TPSA) is 60.1 Å². The number of carbonyl (C=O) groups is 1. The van der Waals surface area contributed by atoms with E-state index in [1.165, 1.54) is 42.3 Å². The fourth-order valence-electron chi connectivity index (χ4n) is 9.13. The molecule has 3 saturated carbocycles. The van der Waals surface area contributed by atoms with Gasteiger partial charge in [0, 0.05) is 61.0 Å². The zero-order valence-corrected chi connectivity index (χ0v) is 26.2. The quantitative estimate of drug-likeness (QED) is 0.215. The van der Waals surface area contributed by atoms with Gasteiger partial charge in [-0.1, -0.05) is 6.07 Å². The molecule has 5 aliphatic rings. The molecule has 2 saturated heterocycles. The zero-order valence-electron chi connectivity index (χ0n) is 26.2. The van der Waals surface area contributed by atoms with Crippen LogP contribution < -0.4 is 9.64 Å². The number of aromatic nitrogens is 1. The Bertz CT molecular complexity index is 1770. The summed E-state index contributed by atoms with van der Waals surface area (Å²) in [6.07, 6.45) is 7.57. The van der Waals surface area contributed by atoms with E-state index in [0.717, 1.165) is 91.2 Å². The van der Waals surface area contributed by atoms with E-state index in [1.54, 1.807) is 7.11 Å². The number of rotatable bonds is 8. The molecule has 2 aromatic carbocycles. The van der Waals surface area contributed by atoms with Crippen LogP contribution in [0.4, 0.5) is 5.69 Å². The van der Waals surface area contributed by atoms with Gasteiger partial charge in [0.1, 0.15) is 11.3 Å². The van der Waals surface area contributed by atoms with Crippen LogP contribution in [0.2, 0.25) is 0 Å². The first-order valence-electron chi connectivity index (χ1n) is 16.9. The van der Waals surface area contributed by atoms with E-state index in [0.29, 0.717) is 29.5 Å². The third kappa shape index (κ3) is 4.07. The van der Waals surface area contributed by atoms with E-state index in [4.69, 9.17) is 13.9 Å². The molecule has 7 nitrogen and oxygen atoms in total. The van der Waals surface area contributed by atoms with Crippen molar-refractivity contribution < 1.29 is 18.7 Å². The number of piperidine rings is 1. The lowest BCUT2D eigenvalue weighted by atomic mass is 9.53. The molecule has 4 atom stereocenters. The van der Waals surface area contributed by atoms with Crippen LogP contribution in [-0.4, -0.2) is 60.9 Å². The number of hydrogen-bond acceptors (Lipinski definition) is 5. The van der Waals surface area contributed by atoms with Crippen molar-refractivity contribution in [2.75, 3.05) is 38.3 Å². The predicted octanol–water partition coefficient (Wildman–Crippen LogP) is 7.27. The van der Waals surface area contributed by atoms with Gasteiger partial charge in [0.2, 0.25) is 0 Å². The molecule has 0 radical (unpaired) electrons. The average Bonchev–Trinajstić information content (AvgIpc) is 3.70. The molecule has 9 rings (SSSR count). The summed E-state index contributed by atoms with van der Waals surface area (Å²) in [5, 5.41) is 2.20. The van der Waals surface area contributed by atoms with Crippen molar-refractivity contribution in [1.82, 2.24) is 9.47 Å². The lowest BCUT2D eigenvalue weighted by Crippen LogP contribution is -2.53. The van der Waals surface area contributed by atoms with Crippen molar-refractivity contribution in [3.63, 3.8) is 0 Å². The number of ether oxygens (including phenoxy) is 2. The number of hydrogen-bond donors (Lipinski definition) is 0. The summed E-state index contributed by atoms with van der Waals surface area (Å²) in [6, 6.07) is 13.6. The van der Waals surface area contributed by atoms with E-state index in [1.807, 2.05) is 12.1 Å². The summed E-state index contributed by atoms with van der Waals surface area (Å²) >= 11 is 0. The van der Waals surface area contributed by atoms with Crippen molar-refractivity contribution >= 4 is 33.5 Å². The summed E-state index contributed by atoms with van der Waals surface area (Å²) < 4.78 is 21.0. The third-order valence-electron chi connectivity index (χ3n) is 11.7. The number of fused-ring (bicyclic) bond motifs is 2. The molecule has 230 valence electrons. The monoisotopic (exact) mass is 593 g/mol. The Morgan fingerprint density at radius 1 is 1.02 bits per heavy atom. The normalized spacial score (nSPS) is 26.2. The fraction of sp³-hybridized carbons (Fsp3) is 0.541. The highest BCUT2D eigenvalue weighted by Gasteiger charge is 2.61. The maximum Gasteiger partial charge on any atom is 0.254 e. The molecule has 2 aliphatic heterocycles. The highest BCUT2D eigenvalue weighted by molar-refractivity contribution is 6.02. The minimum Gasteiger partial charge on any atom is -0.496 e. The molecule has 3 aliphatic carbocycles. The largest absolute Gasteiger partial charge is 0.496 e. The molecule has 4 aromatic rings. The molecule has 3 unspecified atom stereocenters. The number of carbonyl (C=O) groups excluding carboxylic acids is 1. The first kappa shape index (κ1) is 26.9. The van der Waals surface area contributed by atoms with Crippen LogP contribution in [-0.2, 0) is 11.3 Å². The Kier molecular flexibility index (Phi) is 6.13. The number of methoxy groups -OCH3 is 1. The summed E-state index contributed by atoms with van der Waals surface area (Å²) in [7, 11) is 1.70. The fourth-order valence-corrected chi connectivity index (χ4v) is 9.13. The van der Waals surface area contributed by atoms with Gasteiger partial charge in [0.25, 0.3) is 5.91 Å². The van der Waals surface area contributed by atoms with Crippen LogP contribution in [0.15, 0.2) is 40.8 Å². The molecular weight excluding hydrogens is 550 g/mol. The van der Waals surface area contributed by atoms with Crippen LogP contribution in [0, 0.1) is 30.6 Å². The second-order valence-electron chi connectivity index (χ2n) is 14.2. The van der Waals surface area contributed by atoms with E-state index in [9.17, 15) is 4.79 Å². The van der Waals surface area contributed by atoms with Crippen molar-refractivity contribution in [3.8, 4) is 17.2 Å². The summed E-state index contributed by atoms with van der Waals surface area (Å²) in [5.41, 5.74) is 6.13. The van der Waals surface area contributed by atoms with Crippen LogP contribution in [0.25, 0.3) is 33.3 Å². The number of nitrogens with zero attached hydrogens (tertiary/aromatic N) is 3. The van der Waals surface area contributed by atoms with Crippen molar-refractivity contribution in [2.45, 2.75) is 71.1 Å².